The first-order valence-electron chi connectivity index (χ1n) is 12.7. The summed E-state index contributed by atoms with van der Waals surface area (Å²) in [6, 6.07) is 8.96. The number of sulfonamides is 1. The summed E-state index contributed by atoms with van der Waals surface area (Å²) in [4.78, 5) is 28.7. The molecule has 38 heavy (non-hydrogen) atoms. The topological polar surface area (TPSA) is 86.8 Å². The van der Waals surface area contributed by atoms with E-state index in [0.717, 1.165) is 42.7 Å². The highest BCUT2D eigenvalue weighted by Crippen LogP contribution is 2.28. The summed E-state index contributed by atoms with van der Waals surface area (Å²) in [5, 5.41) is 4.36. The maximum atomic E-state index is 13.9. The molecular formula is C27H34Cl3N3O4S. The zero-order chi connectivity index (χ0) is 28.0. The van der Waals surface area contributed by atoms with Crippen LogP contribution in [0.2, 0.25) is 15.1 Å². The van der Waals surface area contributed by atoms with Crippen LogP contribution < -0.4 is 9.62 Å². The normalized spacial score (nSPS) is 15.1. The van der Waals surface area contributed by atoms with Crippen molar-refractivity contribution >= 4 is 62.3 Å². The van der Waals surface area contributed by atoms with Gasteiger partial charge in [-0.3, -0.25) is 13.9 Å². The Morgan fingerprint density at radius 3 is 2.24 bits per heavy atom. The second-order valence-corrected chi connectivity index (χ2v) is 12.9. The Balaban J connectivity index is 1.96. The summed E-state index contributed by atoms with van der Waals surface area (Å²) in [5.74, 6) is -0.784. The van der Waals surface area contributed by atoms with E-state index in [1.807, 2.05) is 6.92 Å². The van der Waals surface area contributed by atoms with E-state index in [1.165, 1.54) is 4.90 Å². The molecule has 1 saturated carbocycles. The number of benzene rings is 2. The average molecular weight is 603 g/mol. The molecule has 1 aliphatic carbocycles. The predicted molar refractivity (Wildman–Crippen MR) is 154 cm³/mol. The van der Waals surface area contributed by atoms with Crippen LogP contribution in [-0.2, 0) is 26.2 Å². The minimum atomic E-state index is -3.85. The van der Waals surface area contributed by atoms with Gasteiger partial charge in [-0.05, 0) is 67.6 Å². The van der Waals surface area contributed by atoms with Crippen LogP contribution in [-0.4, -0.2) is 50.0 Å². The second kappa shape index (κ2) is 13.4. The molecule has 7 nitrogen and oxygen atoms in total. The number of carbonyl (C=O) groups excluding carboxylic acids is 2. The van der Waals surface area contributed by atoms with Gasteiger partial charge < -0.3 is 10.2 Å². The van der Waals surface area contributed by atoms with Crippen LogP contribution >= 0.6 is 34.8 Å². The van der Waals surface area contributed by atoms with E-state index in [2.05, 4.69) is 5.32 Å². The predicted octanol–water partition coefficient (Wildman–Crippen LogP) is 5.98. The van der Waals surface area contributed by atoms with Gasteiger partial charge in [0.15, 0.2) is 0 Å². The zero-order valence-electron chi connectivity index (χ0n) is 21.8. The van der Waals surface area contributed by atoms with Crippen LogP contribution in [0, 0.1) is 6.92 Å². The summed E-state index contributed by atoms with van der Waals surface area (Å²) < 4.78 is 26.7. The number of hydrogen-bond donors (Lipinski definition) is 1. The lowest BCUT2D eigenvalue weighted by molar-refractivity contribution is -0.140. The number of anilines is 1. The van der Waals surface area contributed by atoms with Gasteiger partial charge in [-0.25, -0.2) is 8.42 Å². The van der Waals surface area contributed by atoms with E-state index >= 15 is 0 Å². The number of nitrogens with one attached hydrogen (secondary N) is 1. The molecular weight excluding hydrogens is 569 g/mol. The lowest BCUT2D eigenvalue weighted by Crippen LogP contribution is -2.54. The molecule has 0 aromatic heterocycles. The fraction of sp³-hybridized carbons (Fsp3) is 0.481. The van der Waals surface area contributed by atoms with Crippen LogP contribution in [0.5, 0.6) is 0 Å². The van der Waals surface area contributed by atoms with Gasteiger partial charge in [0, 0.05) is 27.7 Å². The molecule has 1 unspecified atom stereocenters. The lowest BCUT2D eigenvalue weighted by atomic mass is 9.95. The molecule has 1 aliphatic rings. The van der Waals surface area contributed by atoms with E-state index in [1.54, 1.807) is 43.3 Å². The number of halogens is 3. The van der Waals surface area contributed by atoms with Crippen molar-refractivity contribution < 1.29 is 18.0 Å². The molecule has 2 aromatic rings. The van der Waals surface area contributed by atoms with Crippen LogP contribution in [0.1, 0.15) is 56.6 Å². The van der Waals surface area contributed by atoms with Crippen molar-refractivity contribution in [2.75, 3.05) is 17.1 Å². The molecule has 11 heteroatoms. The molecule has 1 N–H and O–H groups in total. The number of aryl methyl sites for hydroxylation is 1. The molecule has 0 saturated heterocycles. The fourth-order valence-corrected chi connectivity index (χ4v) is 6.39. The van der Waals surface area contributed by atoms with Gasteiger partial charge in [-0.1, -0.05) is 67.1 Å². The first kappa shape index (κ1) is 30.5. The van der Waals surface area contributed by atoms with Crippen molar-refractivity contribution in [3.8, 4) is 0 Å². The molecule has 0 heterocycles. The summed E-state index contributed by atoms with van der Waals surface area (Å²) in [7, 11) is -3.85. The summed E-state index contributed by atoms with van der Waals surface area (Å²) in [6.07, 6.45) is 6.43. The number of carbonyl (C=O) groups is 2. The molecule has 1 fully saturated rings. The summed E-state index contributed by atoms with van der Waals surface area (Å²) in [5.41, 5.74) is 1.54. The van der Waals surface area contributed by atoms with E-state index in [9.17, 15) is 18.0 Å². The maximum Gasteiger partial charge on any atom is 0.244 e. The summed E-state index contributed by atoms with van der Waals surface area (Å²) in [6.45, 7) is 3.08. The van der Waals surface area contributed by atoms with E-state index in [0.29, 0.717) is 38.3 Å². The third-order valence-corrected chi connectivity index (χ3v) is 8.75. The molecule has 1 atom stereocenters. The minimum Gasteiger partial charge on any atom is -0.352 e. The molecule has 0 aliphatic heterocycles. The number of hydrogen-bond acceptors (Lipinski definition) is 4. The highest BCUT2D eigenvalue weighted by Gasteiger charge is 2.33. The third kappa shape index (κ3) is 8.01. The zero-order valence-corrected chi connectivity index (χ0v) is 24.9. The van der Waals surface area contributed by atoms with Crippen molar-refractivity contribution in [1.29, 1.82) is 0 Å². The molecule has 0 bridgehead atoms. The molecule has 3 rings (SSSR count). The van der Waals surface area contributed by atoms with Gasteiger partial charge >= 0.3 is 0 Å². The summed E-state index contributed by atoms with van der Waals surface area (Å²) >= 11 is 18.6. The van der Waals surface area contributed by atoms with Crippen molar-refractivity contribution in [2.24, 2.45) is 0 Å². The van der Waals surface area contributed by atoms with Crippen LogP contribution in [0.25, 0.3) is 0 Å². The van der Waals surface area contributed by atoms with Gasteiger partial charge in [0.1, 0.15) is 12.6 Å². The smallest absolute Gasteiger partial charge is 0.244 e. The van der Waals surface area contributed by atoms with E-state index < -0.39 is 28.5 Å². The van der Waals surface area contributed by atoms with Crippen molar-refractivity contribution in [2.45, 2.75) is 71.0 Å². The van der Waals surface area contributed by atoms with Crippen molar-refractivity contribution in [1.82, 2.24) is 10.2 Å². The van der Waals surface area contributed by atoms with Crippen molar-refractivity contribution in [3.05, 3.63) is 62.6 Å². The van der Waals surface area contributed by atoms with Gasteiger partial charge in [0.25, 0.3) is 0 Å². The molecule has 208 valence electrons. The Hall–Kier alpha value is -2.00. The van der Waals surface area contributed by atoms with E-state index in [-0.39, 0.29) is 18.5 Å². The molecule has 2 aromatic carbocycles. The van der Waals surface area contributed by atoms with Gasteiger partial charge in [-0.2, -0.15) is 0 Å². The number of rotatable bonds is 10. The van der Waals surface area contributed by atoms with Gasteiger partial charge in [0.05, 0.1) is 11.9 Å². The highest BCUT2D eigenvalue weighted by atomic mass is 35.5. The lowest BCUT2D eigenvalue weighted by Gasteiger charge is -2.34. The Bertz CT molecular complexity index is 1270. The van der Waals surface area contributed by atoms with Crippen molar-refractivity contribution in [3.63, 3.8) is 0 Å². The quantitative estimate of drug-likeness (QED) is 0.363. The molecule has 2 amide bonds. The Morgan fingerprint density at radius 2 is 1.66 bits per heavy atom. The largest absolute Gasteiger partial charge is 0.352 e. The number of amides is 2. The Kier molecular flexibility index (Phi) is 10.7. The molecule has 0 spiro atoms. The van der Waals surface area contributed by atoms with Crippen LogP contribution in [0.3, 0.4) is 0 Å². The van der Waals surface area contributed by atoms with Gasteiger partial charge in [0.2, 0.25) is 21.8 Å². The average Bonchev–Trinajstić information content (AvgIpc) is 2.84. The molecule has 0 radical (unpaired) electrons. The number of nitrogens with zero attached hydrogens (tertiary/aromatic N) is 2. The highest BCUT2D eigenvalue weighted by molar-refractivity contribution is 7.92. The first-order chi connectivity index (χ1) is 17.9. The monoisotopic (exact) mass is 601 g/mol. The first-order valence-corrected chi connectivity index (χ1v) is 15.7. The fourth-order valence-electron chi connectivity index (χ4n) is 4.79. The second-order valence-electron chi connectivity index (χ2n) is 9.73. The van der Waals surface area contributed by atoms with Crippen LogP contribution in [0.15, 0.2) is 36.4 Å². The van der Waals surface area contributed by atoms with E-state index in [4.69, 9.17) is 34.8 Å². The minimum absolute atomic E-state index is 0.0165. The maximum absolute atomic E-state index is 13.9. The third-order valence-electron chi connectivity index (χ3n) is 6.80. The van der Waals surface area contributed by atoms with Crippen LogP contribution in [0.4, 0.5) is 5.69 Å². The Morgan fingerprint density at radius 1 is 1.03 bits per heavy atom. The Labute approximate surface area is 240 Å². The van der Waals surface area contributed by atoms with Gasteiger partial charge in [-0.15, -0.1) is 0 Å². The SMILES string of the molecule is CCC(C(=O)NC1CCCCC1)N(Cc1ccc(Cl)cc1Cl)C(=O)CN(c1ccc(Cl)cc1C)S(C)(=O)=O. The standard InChI is InChI=1S/C27H34Cl3N3O4S/c1-4-24(27(35)31-22-8-6-5-7-9-22)32(16-19-10-11-21(29)15-23(19)30)26(34)17-33(38(3,36)37)25-13-12-20(28)14-18(25)2/h10-15,22,24H,4-9,16-17H2,1-3H3,(H,31,35).